The van der Waals surface area contributed by atoms with Gasteiger partial charge in [0.25, 0.3) is 0 Å². The van der Waals surface area contributed by atoms with Crippen LogP contribution in [0.3, 0.4) is 0 Å². The quantitative estimate of drug-likeness (QED) is 0.737. The van der Waals surface area contributed by atoms with E-state index in [-0.39, 0.29) is 6.04 Å². The molecule has 0 heterocycles. The molecule has 0 amide bonds. The molecule has 0 aliphatic rings. The number of hydrogen-bond acceptors (Lipinski definition) is 3. The van der Waals surface area contributed by atoms with Crippen LogP contribution in [0.4, 0.5) is 5.69 Å². The maximum Gasteiger partial charge on any atom is 0.125 e. The summed E-state index contributed by atoms with van der Waals surface area (Å²) in [7, 11) is 1.76. The lowest BCUT2D eigenvalue weighted by Gasteiger charge is -2.31. The van der Waals surface area contributed by atoms with Crippen LogP contribution in [0.2, 0.25) is 0 Å². The Kier molecular flexibility index (Phi) is 7.58. The zero-order chi connectivity index (χ0) is 15.8. The molecule has 0 fully saturated rings. The summed E-state index contributed by atoms with van der Waals surface area (Å²) < 4.78 is 5.61. The van der Waals surface area contributed by atoms with Crippen LogP contribution < -0.4 is 15.0 Å². The molecule has 0 saturated carbocycles. The van der Waals surface area contributed by atoms with E-state index >= 15 is 0 Å². The molecular formula is C18H32N2O. The molecule has 0 bridgehead atoms. The van der Waals surface area contributed by atoms with Gasteiger partial charge in [-0.2, -0.15) is 0 Å². The highest BCUT2D eigenvalue weighted by Crippen LogP contribution is 2.35. The summed E-state index contributed by atoms with van der Waals surface area (Å²) >= 11 is 0. The van der Waals surface area contributed by atoms with Gasteiger partial charge < -0.3 is 15.0 Å². The molecule has 0 aromatic heterocycles. The Morgan fingerprint density at radius 2 is 1.90 bits per heavy atom. The summed E-state index contributed by atoms with van der Waals surface area (Å²) in [5, 5.41) is 3.52. The molecule has 1 N–H and O–H groups in total. The molecule has 120 valence electrons. The lowest BCUT2D eigenvalue weighted by Crippen LogP contribution is -2.30. The van der Waals surface area contributed by atoms with E-state index in [9.17, 15) is 0 Å². The molecule has 1 rings (SSSR count). The molecule has 0 saturated heterocycles. The fraction of sp³-hybridized carbons (Fsp3) is 0.667. The van der Waals surface area contributed by atoms with Crippen molar-refractivity contribution in [2.75, 3.05) is 31.6 Å². The minimum Gasteiger partial charge on any atom is -0.496 e. The average molecular weight is 292 g/mol. The fourth-order valence-corrected chi connectivity index (χ4v) is 2.73. The number of rotatable bonds is 9. The van der Waals surface area contributed by atoms with Gasteiger partial charge in [0.2, 0.25) is 0 Å². The van der Waals surface area contributed by atoms with Gasteiger partial charge in [-0.3, -0.25) is 0 Å². The number of anilines is 1. The SMILES string of the molecule is CCNC(C)c1c(OC)cccc1N(CC)CC(C)CC. The summed E-state index contributed by atoms with van der Waals surface area (Å²) in [6.07, 6.45) is 1.21. The predicted molar refractivity (Wildman–Crippen MR) is 92.4 cm³/mol. The highest BCUT2D eigenvalue weighted by Gasteiger charge is 2.19. The van der Waals surface area contributed by atoms with Crippen LogP contribution in [0.25, 0.3) is 0 Å². The first kappa shape index (κ1) is 17.8. The number of nitrogens with zero attached hydrogens (tertiary/aromatic N) is 1. The molecule has 2 atom stereocenters. The third kappa shape index (κ3) is 4.63. The Bertz CT molecular complexity index is 420. The average Bonchev–Trinajstić information content (AvgIpc) is 2.51. The first-order chi connectivity index (χ1) is 10.1. The van der Waals surface area contributed by atoms with Gasteiger partial charge in [0.05, 0.1) is 7.11 Å². The highest BCUT2D eigenvalue weighted by atomic mass is 16.5. The molecular weight excluding hydrogens is 260 g/mol. The van der Waals surface area contributed by atoms with Crippen LogP contribution in [-0.2, 0) is 0 Å². The monoisotopic (exact) mass is 292 g/mol. The maximum atomic E-state index is 5.61. The summed E-state index contributed by atoms with van der Waals surface area (Å²) in [6.45, 7) is 14.2. The second-order valence-electron chi connectivity index (χ2n) is 5.72. The van der Waals surface area contributed by atoms with E-state index in [1.165, 1.54) is 17.7 Å². The van der Waals surface area contributed by atoms with Crippen molar-refractivity contribution in [3.63, 3.8) is 0 Å². The van der Waals surface area contributed by atoms with Gasteiger partial charge in [0.1, 0.15) is 5.75 Å². The molecule has 1 aromatic carbocycles. The molecule has 3 heteroatoms. The first-order valence-electron chi connectivity index (χ1n) is 8.24. The first-order valence-corrected chi connectivity index (χ1v) is 8.24. The Labute approximate surface area is 130 Å². The van der Waals surface area contributed by atoms with Gasteiger partial charge >= 0.3 is 0 Å². The summed E-state index contributed by atoms with van der Waals surface area (Å²) in [4.78, 5) is 2.47. The smallest absolute Gasteiger partial charge is 0.125 e. The van der Waals surface area contributed by atoms with E-state index in [1.807, 2.05) is 0 Å². The normalized spacial score (nSPS) is 13.8. The van der Waals surface area contributed by atoms with Gasteiger partial charge in [-0.15, -0.1) is 0 Å². The second-order valence-corrected chi connectivity index (χ2v) is 5.72. The number of hydrogen-bond donors (Lipinski definition) is 1. The van der Waals surface area contributed by atoms with Crippen molar-refractivity contribution in [1.29, 1.82) is 0 Å². The molecule has 3 nitrogen and oxygen atoms in total. The minimum absolute atomic E-state index is 0.284. The van der Waals surface area contributed by atoms with Crippen molar-refractivity contribution in [2.24, 2.45) is 5.92 Å². The van der Waals surface area contributed by atoms with Gasteiger partial charge in [-0.25, -0.2) is 0 Å². The van der Waals surface area contributed by atoms with E-state index in [0.29, 0.717) is 5.92 Å². The maximum absolute atomic E-state index is 5.61. The Balaban J connectivity index is 3.19. The third-order valence-corrected chi connectivity index (χ3v) is 4.16. The largest absolute Gasteiger partial charge is 0.496 e. The van der Waals surface area contributed by atoms with Gasteiger partial charge in [-0.1, -0.05) is 33.3 Å². The van der Waals surface area contributed by atoms with Gasteiger partial charge in [-0.05, 0) is 38.4 Å². The van der Waals surface area contributed by atoms with Crippen LogP contribution in [0.15, 0.2) is 18.2 Å². The lowest BCUT2D eigenvalue weighted by molar-refractivity contribution is 0.402. The van der Waals surface area contributed by atoms with Crippen molar-refractivity contribution in [2.45, 2.75) is 47.1 Å². The van der Waals surface area contributed by atoms with E-state index in [4.69, 9.17) is 4.74 Å². The topological polar surface area (TPSA) is 24.5 Å². The molecule has 0 aliphatic carbocycles. The van der Waals surface area contributed by atoms with Crippen molar-refractivity contribution in [3.8, 4) is 5.75 Å². The molecule has 0 radical (unpaired) electrons. The summed E-state index contributed by atoms with van der Waals surface area (Å²) in [5.41, 5.74) is 2.57. The van der Waals surface area contributed by atoms with Crippen molar-refractivity contribution in [1.82, 2.24) is 5.32 Å². The number of nitrogens with one attached hydrogen (secondary N) is 1. The summed E-state index contributed by atoms with van der Waals surface area (Å²) in [5.74, 6) is 1.67. The van der Waals surface area contributed by atoms with Crippen LogP contribution in [0, 0.1) is 5.92 Å². The molecule has 21 heavy (non-hydrogen) atoms. The van der Waals surface area contributed by atoms with Crippen molar-refractivity contribution in [3.05, 3.63) is 23.8 Å². The Morgan fingerprint density at radius 3 is 2.43 bits per heavy atom. The zero-order valence-corrected chi connectivity index (χ0v) is 14.6. The van der Waals surface area contributed by atoms with E-state index < -0.39 is 0 Å². The van der Waals surface area contributed by atoms with Gasteiger partial charge in [0.15, 0.2) is 0 Å². The Hall–Kier alpha value is -1.22. The van der Waals surface area contributed by atoms with Crippen molar-refractivity contribution < 1.29 is 4.74 Å². The fourth-order valence-electron chi connectivity index (χ4n) is 2.73. The van der Waals surface area contributed by atoms with E-state index in [1.54, 1.807) is 7.11 Å². The molecule has 2 unspecified atom stereocenters. The zero-order valence-electron chi connectivity index (χ0n) is 14.6. The van der Waals surface area contributed by atoms with Crippen LogP contribution >= 0.6 is 0 Å². The number of ether oxygens (including phenoxy) is 1. The molecule has 0 aliphatic heterocycles. The van der Waals surface area contributed by atoms with Crippen LogP contribution in [0.1, 0.15) is 52.6 Å². The number of methoxy groups -OCH3 is 1. The second kappa shape index (κ2) is 8.93. The van der Waals surface area contributed by atoms with Gasteiger partial charge in [0, 0.05) is 30.4 Å². The molecule has 1 aromatic rings. The lowest BCUT2D eigenvalue weighted by atomic mass is 10.0. The van der Waals surface area contributed by atoms with Crippen LogP contribution in [-0.4, -0.2) is 26.7 Å². The standard InChI is InChI=1S/C18H32N2O/c1-7-14(4)13-20(9-3)16-11-10-12-17(21-6)18(16)15(5)19-8-2/h10-12,14-15,19H,7-9,13H2,1-6H3. The number of benzene rings is 1. The summed E-state index contributed by atoms with van der Waals surface area (Å²) in [6, 6.07) is 6.66. The Morgan fingerprint density at radius 1 is 1.19 bits per heavy atom. The van der Waals surface area contributed by atoms with Crippen LogP contribution in [0.5, 0.6) is 5.75 Å². The molecule has 0 spiro atoms. The minimum atomic E-state index is 0.284. The predicted octanol–water partition coefficient (Wildman–Crippen LogP) is 4.24. The highest BCUT2D eigenvalue weighted by molar-refractivity contribution is 5.60. The third-order valence-electron chi connectivity index (χ3n) is 4.16. The van der Waals surface area contributed by atoms with Crippen molar-refractivity contribution >= 4 is 5.69 Å². The van der Waals surface area contributed by atoms with E-state index in [2.05, 4.69) is 63.0 Å². The van der Waals surface area contributed by atoms with E-state index in [0.717, 1.165) is 25.4 Å².